The molecule has 0 unspecified atom stereocenters. The number of hydrogen-bond acceptors (Lipinski definition) is 2. The second-order valence-corrected chi connectivity index (χ2v) is 7.33. The summed E-state index contributed by atoms with van der Waals surface area (Å²) >= 11 is 0. The van der Waals surface area contributed by atoms with E-state index in [1.807, 2.05) is 12.1 Å². The van der Waals surface area contributed by atoms with Crippen molar-refractivity contribution in [2.24, 2.45) is 5.41 Å². The van der Waals surface area contributed by atoms with Crippen LogP contribution in [0.1, 0.15) is 53.6 Å². The van der Waals surface area contributed by atoms with Gasteiger partial charge in [-0.05, 0) is 47.9 Å². The van der Waals surface area contributed by atoms with Crippen LogP contribution < -0.4 is 5.32 Å². The molecule has 0 spiro atoms. The molecule has 2 aromatic carbocycles. The van der Waals surface area contributed by atoms with Crippen LogP contribution in [0, 0.1) is 5.41 Å². The monoisotopic (exact) mass is 337 g/mol. The SMILES string of the molecule is O=C(O)c1cccc(CNCC2(Cc3ccccc3)CCCCC2)c1. The van der Waals surface area contributed by atoms with Crippen LogP contribution >= 0.6 is 0 Å². The van der Waals surface area contributed by atoms with Gasteiger partial charge in [0.25, 0.3) is 0 Å². The van der Waals surface area contributed by atoms with Crippen molar-refractivity contribution >= 4 is 5.97 Å². The van der Waals surface area contributed by atoms with Crippen LogP contribution in [0.2, 0.25) is 0 Å². The molecule has 1 fully saturated rings. The van der Waals surface area contributed by atoms with E-state index in [1.54, 1.807) is 12.1 Å². The molecule has 2 aromatic rings. The van der Waals surface area contributed by atoms with Crippen LogP contribution in [0.3, 0.4) is 0 Å². The Hall–Kier alpha value is -2.13. The molecule has 1 saturated carbocycles. The summed E-state index contributed by atoms with van der Waals surface area (Å²) in [5.74, 6) is -0.866. The van der Waals surface area contributed by atoms with Gasteiger partial charge in [0.1, 0.15) is 0 Å². The smallest absolute Gasteiger partial charge is 0.335 e. The fourth-order valence-corrected chi connectivity index (χ4v) is 4.03. The Balaban J connectivity index is 1.63. The molecule has 0 aliphatic heterocycles. The van der Waals surface area contributed by atoms with Crippen molar-refractivity contribution in [2.75, 3.05) is 6.54 Å². The number of carboxylic acids is 1. The summed E-state index contributed by atoms with van der Waals surface area (Å²) in [6, 6.07) is 18.0. The summed E-state index contributed by atoms with van der Waals surface area (Å²) < 4.78 is 0. The van der Waals surface area contributed by atoms with Gasteiger partial charge < -0.3 is 10.4 Å². The van der Waals surface area contributed by atoms with Gasteiger partial charge in [-0.25, -0.2) is 4.79 Å². The predicted molar refractivity (Wildman–Crippen MR) is 101 cm³/mol. The summed E-state index contributed by atoms with van der Waals surface area (Å²) in [7, 11) is 0. The molecule has 0 heterocycles. The molecular weight excluding hydrogens is 310 g/mol. The minimum atomic E-state index is -0.866. The Morgan fingerprint density at radius 3 is 2.40 bits per heavy atom. The first-order valence-electron chi connectivity index (χ1n) is 9.24. The maximum atomic E-state index is 11.1. The topological polar surface area (TPSA) is 49.3 Å². The van der Waals surface area contributed by atoms with Crippen LogP contribution in [0.25, 0.3) is 0 Å². The van der Waals surface area contributed by atoms with Gasteiger partial charge in [0, 0.05) is 13.1 Å². The van der Waals surface area contributed by atoms with Crippen molar-refractivity contribution in [3.63, 3.8) is 0 Å². The fourth-order valence-electron chi connectivity index (χ4n) is 4.03. The highest BCUT2D eigenvalue weighted by atomic mass is 16.4. The maximum Gasteiger partial charge on any atom is 0.335 e. The first kappa shape index (κ1) is 17.7. The highest BCUT2D eigenvalue weighted by molar-refractivity contribution is 5.87. The zero-order chi connectivity index (χ0) is 17.5. The van der Waals surface area contributed by atoms with E-state index in [-0.39, 0.29) is 0 Å². The second-order valence-electron chi connectivity index (χ2n) is 7.33. The summed E-state index contributed by atoms with van der Waals surface area (Å²) in [6.45, 7) is 1.71. The molecule has 0 saturated heterocycles. The third kappa shape index (κ3) is 4.93. The van der Waals surface area contributed by atoms with Gasteiger partial charge in [-0.15, -0.1) is 0 Å². The number of aromatic carboxylic acids is 1. The van der Waals surface area contributed by atoms with Crippen molar-refractivity contribution in [3.05, 3.63) is 71.3 Å². The van der Waals surface area contributed by atoms with Crippen LogP contribution in [-0.2, 0) is 13.0 Å². The number of nitrogens with one attached hydrogen (secondary N) is 1. The largest absolute Gasteiger partial charge is 0.478 e. The molecule has 3 nitrogen and oxygen atoms in total. The first-order valence-corrected chi connectivity index (χ1v) is 9.24. The van der Waals surface area contributed by atoms with E-state index >= 15 is 0 Å². The summed E-state index contributed by atoms with van der Waals surface area (Å²) in [5.41, 5.74) is 3.13. The molecule has 0 bridgehead atoms. The van der Waals surface area contributed by atoms with Crippen molar-refractivity contribution in [1.29, 1.82) is 0 Å². The van der Waals surface area contributed by atoms with Gasteiger partial charge in [-0.2, -0.15) is 0 Å². The van der Waals surface area contributed by atoms with Crippen LogP contribution in [0.5, 0.6) is 0 Å². The summed E-state index contributed by atoms with van der Waals surface area (Å²) in [5, 5.41) is 12.7. The normalized spacial score (nSPS) is 16.5. The number of carbonyl (C=O) groups is 1. The van der Waals surface area contributed by atoms with Crippen LogP contribution in [0.4, 0.5) is 0 Å². The van der Waals surface area contributed by atoms with E-state index in [4.69, 9.17) is 5.11 Å². The molecular formula is C22H27NO2. The molecule has 3 heteroatoms. The molecule has 1 aliphatic carbocycles. The van der Waals surface area contributed by atoms with E-state index in [2.05, 4.69) is 35.6 Å². The zero-order valence-electron chi connectivity index (χ0n) is 14.7. The third-order valence-corrected chi connectivity index (χ3v) is 5.34. The number of hydrogen-bond donors (Lipinski definition) is 2. The standard InChI is InChI=1S/C22H27NO2/c24-21(25)20-11-7-10-19(14-20)16-23-17-22(12-5-2-6-13-22)15-18-8-3-1-4-9-18/h1,3-4,7-11,14,23H,2,5-6,12-13,15-17H2,(H,24,25). The van der Waals surface area contributed by atoms with E-state index in [0.717, 1.165) is 25.1 Å². The van der Waals surface area contributed by atoms with E-state index in [1.165, 1.54) is 37.7 Å². The van der Waals surface area contributed by atoms with Gasteiger partial charge >= 0.3 is 5.97 Å². The van der Waals surface area contributed by atoms with Crippen LogP contribution in [0.15, 0.2) is 54.6 Å². The quantitative estimate of drug-likeness (QED) is 0.772. The molecule has 3 rings (SSSR count). The molecule has 2 N–H and O–H groups in total. The van der Waals surface area contributed by atoms with Crippen molar-refractivity contribution in [1.82, 2.24) is 5.32 Å². The molecule has 0 atom stereocenters. The molecule has 0 radical (unpaired) electrons. The Bertz CT molecular complexity index is 690. The Labute approximate surface area is 150 Å². The molecule has 0 aromatic heterocycles. The molecule has 25 heavy (non-hydrogen) atoms. The minimum absolute atomic E-state index is 0.323. The average molecular weight is 337 g/mol. The van der Waals surface area contributed by atoms with Crippen LogP contribution in [-0.4, -0.2) is 17.6 Å². The second kappa shape index (κ2) is 8.30. The van der Waals surface area contributed by atoms with E-state index in [0.29, 0.717) is 11.0 Å². The van der Waals surface area contributed by atoms with Gasteiger partial charge in [0.2, 0.25) is 0 Å². The van der Waals surface area contributed by atoms with Gasteiger partial charge in [-0.1, -0.05) is 61.7 Å². The number of benzene rings is 2. The lowest BCUT2D eigenvalue weighted by Gasteiger charge is -2.38. The average Bonchev–Trinajstić information content (AvgIpc) is 2.63. The maximum absolute atomic E-state index is 11.1. The lowest BCUT2D eigenvalue weighted by molar-refractivity contribution is 0.0696. The van der Waals surface area contributed by atoms with Gasteiger partial charge in [0.15, 0.2) is 0 Å². The Morgan fingerprint density at radius 1 is 0.960 bits per heavy atom. The third-order valence-electron chi connectivity index (χ3n) is 5.34. The van der Waals surface area contributed by atoms with E-state index in [9.17, 15) is 4.79 Å². The lowest BCUT2D eigenvalue weighted by atomic mass is 9.70. The van der Waals surface area contributed by atoms with Crippen molar-refractivity contribution in [3.8, 4) is 0 Å². The lowest BCUT2D eigenvalue weighted by Crippen LogP contribution is -2.37. The highest BCUT2D eigenvalue weighted by Gasteiger charge is 2.31. The molecule has 1 aliphatic rings. The molecule has 132 valence electrons. The number of carboxylic acid groups (broad SMARTS) is 1. The number of rotatable bonds is 7. The summed E-state index contributed by atoms with van der Waals surface area (Å²) in [6.07, 6.45) is 7.62. The van der Waals surface area contributed by atoms with Crippen molar-refractivity contribution < 1.29 is 9.90 Å². The van der Waals surface area contributed by atoms with Gasteiger partial charge in [0.05, 0.1) is 5.56 Å². The molecule has 0 amide bonds. The van der Waals surface area contributed by atoms with Crippen molar-refractivity contribution in [2.45, 2.75) is 45.1 Å². The minimum Gasteiger partial charge on any atom is -0.478 e. The summed E-state index contributed by atoms with van der Waals surface area (Å²) in [4.78, 5) is 11.1. The fraction of sp³-hybridized carbons (Fsp3) is 0.409. The highest BCUT2D eigenvalue weighted by Crippen LogP contribution is 2.38. The van der Waals surface area contributed by atoms with E-state index < -0.39 is 5.97 Å². The van der Waals surface area contributed by atoms with Gasteiger partial charge in [-0.3, -0.25) is 0 Å². The Morgan fingerprint density at radius 2 is 1.68 bits per heavy atom. The zero-order valence-corrected chi connectivity index (χ0v) is 14.7. The Kier molecular flexibility index (Phi) is 5.87. The predicted octanol–water partition coefficient (Wildman–Crippen LogP) is 4.67. The first-order chi connectivity index (χ1) is 12.2.